The third-order valence-electron chi connectivity index (χ3n) is 8.36. The number of nitrogens with zero attached hydrogens (tertiary/aromatic N) is 1. The Morgan fingerprint density at radius 2 is 1.50 bits per heavy atom. The molecule has 3 atom stereocenters. The molecule has 0 saturated carbocycles. The van der Waals surface area contributed by atoms with Crippen LogP contribution in [-0.2, 0) is 28.4 Å². The second kappa shape index (κ2) is 13.8. The van der Waals surface area contributed by atoms with E-state index in [1.54, 1.807) is 55.4 Å². The van der Waals surface area contributed by atoms with E-state index in [9.17, 15) is 24.3 Å². The summed E-state index contributed by atoms with van der Waals surface area (Å²) in [5.41, 5.74) is -4.09. The lowest BCUT2D eigenvalue weighted by Crippen LogP contribution is -2.65. The number of carbonyl (C=O) groups excluding carboxylic acids is 3. The number of aliphatic carboxylic acids is 1. The number of nitrogens with one attached hydrogen (secondary N) is 2. The monoisotopic (exact) mass is 625 g/mol. The summed E-state index contributed by atoms with van der Waals surface area (Å²) >= 11 is 0. The van der Waals surface area contributed by atoms with Crippen LogP contribution in [-0.4, -0.2) is 87.8 Å². The van der Waals surface area contributed by atoms with Crippen LogP contribution in [0.1, 0.15) is 115 Å². The summed E-state index contributed by atoms with van der Waals surface area (Å²) in [6.07, 6.45) is 0.700. The van der Waals surface area contributed by atoms with E-state index in [1.807, 2.05) is 27.7 Å². The van der Waals surface area contributed by atoms with Crippen molar-refractivity contribution in [3.63, 3.8) is 0 Å². The first kappa shape index (κ1) is 37.7. The molecule has 13 heteroatoms. The van der Waals surface area contributed by atoms with Gasteiger partial charge in [-0.1, -0.05) is 26.7 Å². The molecule has 0 bridgehead atoms. The zero-order valence-electron chi connectivity index (χ0n) is 28.9. The maximum atomic E-state index is 13.4. The topological polar surface area (TPSA) is 153 Å². The van der Waals surface area contributed by atoms with Gasteiger partial charge < -0.3 is 34.5 Å². The lowest BCUT2D eigenvalue weighted by Gasteiger charge is -2.47. The third-order valence-corrected chi connectivity index (χ3v) is 8.36. The summed E-state index contributed by atoms with van der Waals surface area (Å²) in [5.74, 6) is -1.87. The van der Waals surface area contributed by atoms with Crippen molar-refractivity contribution in [3.05, 3.63) is 0 Å². The number of hydrogen-bond donors (Lipinski definition) is 3. The van der Waals surface area contributed by atoms with Crippen LogP contribution in [0, 0.1) is 5.92 Å². The Kier molecular flexibility index (Phi) is 11.8. The number of rotatable bonds is 10. The maximum Gasteiger partial charge on any atom is 0.457 e. The Bertz CT molecular complexity index is 1030. The van der Waals surface area contributed by atoms with Crippen LogP contribution in [0.2, 0.25) is 6.32 Å². The van der Waals surface area contributed by atoms with E-state index in [2.05, 4.69) is 10.6 Å². The standard InChI is InChI=1S/C31H56BN3O9/c1-20(2)22(34-25(39)41-27(3,4)5)23(36)33-21-15-18-35(26(40)42-28(6,7)8)31(19-21,24(37)38)16-13-14-17-32-43-29(9,10)30(11,12)44-32/h20-22H,13-19H2,1-12H3,(H,33,36)(H,34,39)(H,37,38)/t21-,22+,31+/m0/s1. The van der Waals surface area contributed by atoms with E-state index in [0.29, 0.717) is 25.6 Å². The van der Waals surface area contributed by atoms with Gasteiger partial charge in [0.2, 0.25) is 5.91 Å². The van der Waals surface area contributed by atoms with Crippen LogP contribution in [0.5, 0.6) is 0 Å². The Hall–Kier alpha value is -2.54. The minimum Gasteiger partial charge on any atom is -0.479 e. The Morgan fingerprint density at radius 3 is 1.98 bits per heavy atom. The molecule has 0 spiro atoms. The van der Waals surface area contributed by atoms with E-state index in [-0.39, 0.29) is 25.3 Å². The summed E-state index contributed by atoms with van der Waals surface area (Å²) < 4.78 is 23.1. The molecular weight excluding hydrogens is 569 g/mol. The van der Waals surface area contributed by atoms with Crippen LogP contribution in [0.3, 0.4) is 0 Å². The summed E-state index contributed by atoms with van der Waals surface area (Å²) in [7, 11) is -0.411. The summed E-state index contributed by atoms with van der Waals surface area (Å²) in [4.78, 5) is 53.5. The van der Waals surface area contributed by atoms with E-state index in [1.165, 1.54) is 4.90 Å². The van der Waals surface area contributed by atoms with Gasteiger partial charge in [-0.15, -0.1) is 0 Å². The van der Waals surface area contributed by atoms with Gasteiger partial charge in [-0.2, -0.15) is 0 Å². The van der Waals surface area contributed by atoms with Crippen molar-refractivity contribution < 1.29 is 43.1 Å². The van der Waals surface area contributed by atoms with E-state index < -0.39 is 71.2 Å². The fourth-order valence-electron chi connectivity index (χ4n) is 5.44. The summed E-state index contributed by atoms with van der Waals surface area (Å²) in [6, 6.07) is -1.45. The molecule has 2 saturated heterocycles. The first-order valence-corrected chi connectivity index (χ1v) is 15.8. The van der Waals surface area contributed by atoms with Gasteiger partial charge in [0.15, 0.2) is 0 Å². The smallest absolute Gasteiger partial charge is 0.457 e. The predicted octanol–water partition coefficient (Wildman–Crippen LogP) is 5.14. The molecule has 2 rings (SSSR count). The highest BCUT2D eigenvalue weighted by Gasteiger charge is 2.53. The highest BCUT2D eigenvalue weighted by atomic mass is 16.7. The minimum atomic E-state index is -1.61. The molecule has 0 unspecified atom stereocenters. The van der Waals surface area contributed by atoms with Gasteiger partial charge in [-0.25, -0.2) is 14.4 Å². The van der Waals surface area contributed by atoms with Crippen molar-refractivity contribution >= 4 is 31.2 Å². The normalized spacial score (nSPS) is 24.1. The van der Waals surface area contributed by atoms with Crippen LogP contribution < -0.4 is 10.6 Å². The third kappa shape index (κ3) is 9.99. The van der Waals surface area contributed by atoms with Crippen molar-refractivity contribution in [1.29, 1.82) is 0 Å². The number of carboxylic acid groups (broad SMARTS) is 1. The van der Waals surface area contributed by atoms with E-state index in [0.717, 1.165) is 0 Å². The molecule has 3 N–H and O–H groups in total. The van der Waals surface area contributed by atoms with Crippen molar-refractivity contribution in [1.82, 2.24) is 15.5 Å². The first-order valence-electron chi connectivity index (χ1n) is 15.8. The minimum absolute atomic E-state index is 0.0128. The number of piperidine rings is 1. The number of unbranched alkanes of at least 4 members (excludes halogenated alkanes) is 1. The molecule has 3 amide bonds. The fraction of sp³-hybridized carbons (Fsp3) is 0.871. The van der Waals surface area contributed by atoms with Crippen molar-refractivity contribution in [3.8, 4) is 0 Å². The number of carboxylic acids is 1. The van der Waals surface area contributed by atoms with Gasteiger partial charge in [-0.3, -0.25) is 9.69 Å². The predicted molar refractivity (Wildman–Crippen MR) is 167 cm³/mol. The largest absolute Gasteiger partial charge is 0.479 e. The summed E-state index contributed by atoms with van der Waals surface area (Å²) in [5, 5.41) is 16.2. The molecule has 12 nitrogen and oxygen atoms in total. The number of amides is 3. The Balaban J connectivity index is 2.22. The lowest BCUT2D eigenvalue weighted by molar-refractivity contribution is -0.155. The second-order valence-corrected chi connectivity index (χ2v) is 15.5. The zero-order valence-corrected chi connectivity index (χ0v) is 28.9. The average molecular weight is 626 g/mol. The van der Waals surface area contributed by atoms with Gasteiger partial charge in [0.05, 0.1) is 11.2 Å². The van der Waals surface area contributed by atoms with E-state index in [4.69, 9.17) is 18.8 Å². The number of carbonyl (C=O) groups is 4. The van der Waals surface area contributed by atoms with E-state index >= 15 is 0 Å². The van der Waals surface area contributed by atoms with Crippen LogP contribution >= 0.6 is 0 Å². The molecule has 0 aliphatic carbocycles. The first-order chi connectivity index (χ1) is 19.9. The van der Waals surface area contributed by atoms with Gasteiger partial charge in [0.1, 0.15) is 22.8 Å². The molecule has 0 aromatic rings. The molecule has 0 aromatic carbocycles. The molecule has 2 aliphatic rings. The highest BCUT2D eigenvalue weighted by molar-refractivity contribution is 6.45. The summed E-state index contributed by atoms with van der Waals surface area (Å²) in [6.45, 7) is 22.0. The van der Waals surface area contributed by atoms with Gasteiger partial charge in [-0.05, 0) is 94.3 Å². The maximum absolute atomic E-state index is 13.4. The Morgan fingerprint density at radius 1 is 0.955 bits per heavy atom. The number of hydrogen-bond acceptors (Lipinski definition) is 8. The molecule has 0 aromatic heterocycles. The molecule has 44 heavy (non-hydrogen) atoms. The molecule has 0 radical (unpaired) electrons. The van der Waals surface area contributed by atoms with Gasteiger partial charge in [0.25, 0.3) is 0 Å². The molecule has 2 heterocycles. The molecule has 2 aliphatic heterocycles. The molecular formula is C31H56BN3O9. The van der Waals surface area contributed by atoms with Crippen molar-refractivity contribution in [2.75, 3.05) is 6.54 Å². The molecule has 252 valence electrons. The highest BCUT2D eigenvalue weighted by Crippen LogP contribution is 2.39. The number of ether oxygens (including phenoxy) is 2. The van der Waals surface area contributed by atoms with Gasteiger partial charge in [0, 0.05) is 19.0 Å². The lowest BCUT2D eigenvalue weighted by atomic mass is 9.77. The number of alkyl carbamates (subject to hydrolysis) is 1. The number of likely N-dealkylation sites (tertiary alicyclic amines) is 1. The van der Waals surface area contributed by atoms with Crippen molar-refractivity contribution in [2.24, 2.45) is 5.92 Å². The quantitative estimate of drug-likeness (QED) is 0.221. The van der Waals surface area contributed by atoms with Crippen molar-refractivity contribution in [2.45, 2.75) is 162 Å². The SMILES string of the molecule is CC(C)[C@@H](NC(=O)OC(C)(C)C)C(=O)N[C@H]1CCN(C(=O)OC(C)(C)C)[C@@](CCCCB2OC(C)(C)C(C)(C)O2)(C(=O)O)C1. The fourth-order valence-corrected chi connectivity index (χ4v) is 5.44. The zero-order chi connectivity index (χ0) is 33.9. The average Bonchev–Trinajstić information content (AvgIpc) is 3.03. The second-order valence-electron chi connectivity index (χ2n) is 15.5. The van der Waals surface area contributed by atoms with Crippen LogP contribution in [0.15, 0.2) is 0 Å². The molecule has 2 fully saturated rings. The Labute approximate surface area is 263 Å². The van der Waals surface area contributed by atoms with Crippen LogP contribution in [0.4, 0.5) is 9.59 Å². The van der Waals surface area contributed by atoms with Gasteiger partial charge >= 0.3 is 25.3 Å². The van der Waals surface area contributed by atoms with Crippen LogP contribution in [0.25, 0.3) is 0 Å².